The fourth-order valence-corrected chi connectivity index (χ4v) is 6.54. The summed E-state index contributed by atoms with van der Waals surface area (Å²) in [5.74, 6) is 0.412. The van der Waals surface area contributed by atoms with Gasteiger partial charge in [-0.05, 0) is 56.4 Å². The number of rotatable bonds is 7. The van der Waals surface area contributed by atoms with E-state index in [4.69, 9.17) is 21.3 Å². The number of piperazine rings is 1. The summed E-state index contributed by atoms with van der Waals surface area (Å²) >= 11 is 0. The molecule has 0 bridgehead atoms. The standard InChI is InChI=1S/C32H36FN7O2.2H2S/c1-4-29(41)40-17-16-39(19-24(40)18-34-2)31-25-13-15-38(28-12-6-9-22-8-5-11-26(33)30(22)28)20-27(25)35-32(36-31)42-21-23-10-7-14-37(23)3;;/h4-6,8-9,11-12,23-24H,1,7,10,13-21H2,3H3;2*1H2/t23-,24-;;/m0../s1. The molecule has 0 saturated carbocycles. The Morgan fingerprint density at radius 1 is 1.11 bits per heavy atom. The molecule has 0 aliphatic carbocycles. The highest BCUT2D eigenvalue weighted by Crippen LogP contribution is 2.35. The zero-order valence-corrected chi connectivity index (χ0v) is 27.0. The number of halogens is 1. The number of anilines is 2. The summed E-state index contributed by atoms with van der Waals surface area (Å²) < 4.78 is 21.3. The Kier molecular flexibility index (Phi) is 11.0. The molecule has 1 amide bonds. The Morgan fingerprint density at radius 2 is 1.91 bits per heavy atom. The number of ether oxygens (including phenoxy) is 1. The number of likely N-dealkylation sites (tertiary alicyclic amines) is 1. The lowest BCUT2D eigenvalue weighted by molar-refractivity contribution is -0.128. The van der Waals surface area contributed by atoms with E-state index >= 15 is 4.39 Å². The average Bonchev–Trinajstić information content (AvgIpc) is 3.43. The number of hydrogen-bond acceptors (Lipinski definition) is 7. The van der Waals surface area contributed by atoms with Crippen molar-refractivity contribution in [2.75, 3.05) is 62.7 Å². The molecule has 9 nitrogen and oxygen atoms in total. The maximum atomic E-state index is 15.0. The Balaban J connectivity index is 0.00000221. The number of fused-ring (bicyclic) bond motifs is 2. The molecule has 2 fully saturated rings. The van der Waals surface area contributed by atoms with Crippen LogP contribution < -0.4 is 14.5 Å². The van der Waals surface area contributed by atoms with Crippen molar-refractivity contribution in [3.05, 3.63) is 77.5 Å². The van der Waals surface area contributed by atoms with Crippen LogP contribution in [0.4, 0.5) is 15.9 Å². The lowest BCUT2D eigenvalue weighted by Crippen LogP contribution is -2.56. The highest BCUT2D eigenvalue weighted by atomic mass is 32.1. The number of carbonyl (C=O) groups is 1. The van der Waals surface area contributed by atoms with E-state index in [1.54, 1.807) is 11.0 Å². The molecule has 3 aliphatic heterocycles. The van der Waals surface area contributed by atoms with Crippen molar-refractivity contribution in [3.8, 4) is 6.01 Å². The van der Waals surface area contributed by atoms with Gasteiger partial charge in [-0.1, -0.05) is 30.8 Å². The number of hydrogen-bond donors (Lipinski definition) is 0. The summed E-state index contributed by atoms with van der Waals surface area (Å²) in [6.45, 7) is 15.6. The third-order valence-electron chi connectivity index (χ3n) is 8.81. The van der Waals surface area contributed by atoms with Crippen LogP contribution in [0.15, 0.2) is 49.1 Å². The van der Waals surface area contributed by atoms with E-state index in [0.717, 1.165) is 47.5 Å². The SMILES string of the molecule is S.S.[C-]#[N+]C[C@H]1CN(c2nc(OC[C@@H]3CCCN3C)nc3c2CCN(c2cccc4cccc(F)c24)C3)CCN1C(=O)C=C. The lowest BCUT2D eigenvalue weighted by Gasteiger charge is -2.41. The maximum absolute atomic E-state index is 15.0. The van der Waals surface area contributed by atoms with Crippen LogP contribution in [0.1, 0.15) is 24.1 Å². The number of benzene rings is 2. The summed E-state index contributed by atoms with van der Waals surface area (Å²) in [6.07, 6.45) is 4.22. The highest BCUT2D eigenvalue weighted by Gasteiger charge is 2.35. The summed E-state index contributed by atoms with van der Waals surface area (Å²) in [5.41, 5.74) is 2.75. The van der Waals surface area contributed by atoms with E-state index < -0.39 is 0 Å². The topological polar surface area (TPSA) is 69.4 Å². The van der Waals surface area contributed by atoms with Crippen molar-refractivity contribution in [2.24, 2.45) is 0 Å². The minimum atomic E-state index is -0.261. The zero-order valence-electron chi connectivity index (χ0n) is 25.0. The van der Waals surface area contributed by atoms with Gasteiger partial charge in [-0.2, -0.15) is 37.0 Å². The summed E-state index contributed by atoms with van der Waals surface area (Å²) in [5, 5.41) is 1.48. The van der Waals surface area contributed by atoms with Gasteiger partial charge >= 0.3 is 6.01 Å². The number of carbonyl (C=O) groups excluding carboxylic acids is 1. The van der Waals surface area contributed by atoms with Crippen LogP contribution in [0.3, 0.4) is 0 Å². The largest absolute Gasteiger partial charge is 0.462 e. The highest BCUT2D eigenvalue weighted by molar-refractivity contribution is 7.59. The van der Waals surface area contributed by atoms with E-state index in [1.807, 2.05) is 24.3 Å². The van der Waals surface area contributed by atoms with Gasteiger partial charge in [0.1, 0.15) is 24.3 Å². The molecule has 0 unspecified atom stereocenters. The third kappa shape index (κ3) is 6.60. The molecular formula is C32H40FN7O2S2. The number of aromatic nitrogens is 2. The van der Waals surface area contributed by atoms with Crippen molar-refractivity contribution in [1.82, 2.24) is 19.8 Å². The monoisotopic (exact) mass is 637 g/mol. The van der Waals surface area contributed by atoms with Gasteiger partial charge in [-0.15, -0.1) is 0 Å². The molecule has 6 rings (SSSR count). The number of amides is 1. The molecule has 1 aromatic heterocycles. The predicted octanol–water partition coefficient (Wildman–Crippen LogP) is 4.15. The van der Waals surface area contributed by atoms with Crippen molar-refractivity contribution >= 4 is 55.2 Å². The van der Waals surface area contributed by atoms with Crippen LogP contribution >= 0.6 is 27.0 Å². The van der Waals surface area contributed by atoms with Crippen molar-refractivity contribution in [3.63, 3.8) is 0 Å². The molecule has 3 aliphatic rings. The molecule has 2 aromatic carbocycles. The smallest absolute Gasteiger partial charge is 0.318 e. The van der Waals surface area contributed by atoms with E-state index in [9.17, 15) is 4.79 Å². The normalized spacial score (nSPS) is 19.9. The molecule has 0 N–H and O–H groups in total. The van der Waals surface area contributed by atoms with E-state index in [1.165, 1.54) is 12.1 Å². The molecule has 3 aromatic rings. The number of nitrogens with zero attached hydrogens (tertiary/aromatic N) is 7. The van der Waals surface area contributed by atoms with Gasteiger partial charge in [-0.25, -0.2) is 11.0 Å². The fourth-order valence-electron chi connectivity index (χ4n) is 6.54. The number of likely N-dealkylation sites (N-methyl/N-ethyl adjacent to an activating group) is 1. The molecule has 12 heteroatoms. The fraction of sp³-hybridized carbons (Fsp3) is 0.438. The minimum Gasteiger partial charge on any atom is -0.462 e. The van der Waals surface area contributed by atoms with Gasteiger partial charge in [0.15, 0.2) is 0 Å². The second-order valence-electron chi connectivity index (χ2n) is 11.3. The molecule has 4 heterocycles. The first-order valence-electron chi connectivity index (χ1n) is 14.6. The van der Waals surface area contributed by atoms with E-state index in [2.05, 4.69) is 33.2 Å². The van der Waals surface area contributed by atoms with Crippen LogP contribution in [0.25, 0.3) is 15.6 Å². The Bertz CT molecular complexity index is 1550. The first-order valence-corrected chi connectivity index (χ1v) is 14.6. The third-order valence-corrected chi connectivity index (χ3v) is 8.81. The molecule has 0 spiro atoms. The summed E-state index contributed by atoms with van der Waals surface area (Å²) in [4.78, 5) is 34.4. The van der Waals surface area contributed by atoms with Crippen LogP contribution in [0.2, 0.25) is 0 Å². The van der Waals surface area contributed by atoms with Gasteiger partial charge in [-0.3, -0.25) is 4.79 Å². The zero-order chi connectivity index (χ0) is 29.2. The van der Waals surface area contributed by atoms with Gasteiger partial charge in [0.05, 0.1) is 12.2 Å². The van der Waals surface area contributed by atoms with Gasteiger partial charge in [0.2, 0.25) is 12.5 Å². The molecule has 0 radical (unpaired) electrons. The van der Waals surface area contributed by atoms with Crippen LogP contribution in [0.5, 0.6) is 6.01 Å². The molecule has 2 atom stereocenters. The van der Waals surface area contributed by atoms with Gasteiger partial charge < -0.3 is 29.2 Å². The van der Waals surface area contributed by atoms with Crippen LogP contribution in [-0.2, 0) is 17.8 Å². The maximum Gasteiger partial charge on any atom is 0.318 e. The van der Waals surface area contributed by atoms with Crippen molar-refractivity contribution in [1.29, 1.82) is 0 Å². The van der Waals surface area contributed by atoms with Crippen molar-refractivity contribution in [2.45, 2.75) is 37.9 Å². The first kappa shape index (κ1) is 33.4. The summed E-state index contributed by atoms with van der Waals surface area (Å²) in [6, 6.07) is 11.4. The molecule has 234 valence electrons. The van der Waals surface area contributed by atoms with Crippen LogP contribution in [-0.4, -0.2) is 90.7 Å². The Hall–Kier alpha value is -3.53. The van der Waals surface area contributed by atoms with E-state index in [-0.39, 0.29) is 51.3 Å². The second-order valence-corrected chi connectivity index (χ2v) is 11.3. The first-order chi connectivity index (χ1) is 20.5. The predicted molar refractivity (Wildman–Crippen MR) is 182 cm³/mol. The molecule has 44 heavy (non-hydrogen) atoms. The Labute approximate surface area is 272 Å². The lowest BCUT2D eigenvalue weighted by atomic mass is 10.0. The Morgan fingerprint density at radius 3 is 2.64 bits per heavy atom. The summed E-state index contributed by atoms with van der Waals surface area (Å²) in [7, 11) is 2.11. The van der Waals surface area contributed by atoms with Crippen LogP contribution in [0, 0.1) is 12.4 Å². The van der Waals surface area contributed by atoms with Crippen molar-refractivity contribution < 1.29 is 13.9 Å². The van der Waals surface area contributed by atoms with Gasteiger partial charge in [0, 0.05) is 48.9 Å². The second kappa shape index (κ2) is 14.5. The molecular weight excluding hydrogens is 598 g/mol. The quantitative estimate of drug-likeness (QED) is 0.285. The molecule has 2 saturated heterocycles. The van der Waals surface area contributed by atoms with E-state index in [0.29, 0.717) is 63.2 Å². The van der Waals surface area contributed by atoms with Gasteiger partial charge in [0.25, 0.3) is 0 Å². The minimum absolute atomic E-state index is 0. The average molecular weight is 638 g/mol.